The minimum absolute atomic E-state index is 0.204. The first-order valence-electron chi connectivity index (χ1n) is 8.18. The van der Waals surface area contributed by atoms with Crippen molar-refractivity contribution in [1.29, 1.82) is 0 Å². The Labute approximate surface area is 126 Å². The molecular formula is C17H25N3O. The van der Waals surface area contributed by atoms with Crippen LogP contribution in [0.3, 0.4) is 0 Å². The molecule has 0 aromatic carbocycles. The predicted molar refractivity (Wildman–Crippen MR) is 82.8 cm³/mol. The Hall–Kier alpha value is -1.58. The van der Waals surface area contributed by atoms with Crippen LogP contribution in [0.15, 0.2) is 24.5 Å². The monoisotopic (exact) mass is 287 g/mol. The highest BCUT2D eigenvalue weighted by molar-refractivity contribution is 5.79. The Morgan fingerprint density at radius 2 is 2.24 bits per heavy atom. The highest BCUT2D eigenvalue weighted by atomic mass is 16.2. The van der Waals surface area contributed by atoms with Crippen molar-refractivity contribution < 1.29 is 4.79 Å². The van der Waals surface area contributed by atoms with E-state index in [-0.39, 0.29) is 5.92 Å². The highest BCUT2D eigenvalue weighted by Crippen LogP contribution is 2.26. The number of piperidine rings is 1. The zero-order valence-electron chi connectivity index (χ0n) is 12.9. The van der Waals surface area contributed by atoms with Crippen molar-refractivity contribution in [3.05, 3.63) is 30.1 Å². The molecule has 0 radical (unpaired) electrons. The molecule has 114 valence electrons. The third-order valence-electron chi connectivity index (χ3n) is 4.69. The van der Waals surface area contributed by atoms with Crippen molar-refractivity contribution >= 4 is 5.91 Å². The Balaban J connectivity index is 1.68. The van der Waals surface area contributed by atoms with E-state index in [1.54, 1.807) is 0 Å². The van der Waals surface area contributed by atoms with E-state index in [0.29, 0.717) is 11.9 Å². The number of likely N-dealkylation sites (tertiary alicyclic amines) is 1. The summed E-state index contributed by atoms with van der Waals surface area (Å²) in [5.41, 5.74) is 1.18. The molecule has 0 saturated carbocycles. The highest BCUT2D eigenvalue weighted by Gasteiger charge is 2.31. The fraction of sp³-hybridized carbons (Fsp3) is 0.647. The molecule has 1 aromatic heterocycles. The molecule has 4 heteroatoms. The predicted octanol–water partition coefficient (Wildman–Crippen LogP) is 2.93. The van der Waals surface area contributed by atoms with Crippen LogP contribution in [-0.4, -0.2) is 33.2 Å². The van der Waals surface area contributed by atoms with Crippen LogP contribution in [0.1, 0.15) is 44.1 Å². The van der Waals surface area contributed by atoms with Crippen molar-refractivity contribution in [1.82, 2.24) is 14.7 Å². The summed E-state index contributed by atoms with van der Waals surface area (Å²) in [6.07, 6.45) is 14.8. The third kappa shape index (κ3) is 3.36. The maximum absolute atomic E-state index is 12.8. The summed E-state index contributed by atoms with van der Waals surface area (Å²) in [4.78, 5) is 15.0. The van der Waals surface area contributed by atoms with Gasteiger partial charge in [0.15, 0.2) is 0 Å². The molecule has 0 unspecified atom stereocenters. The van der Waals surface area contributed by atoms with Gasteiger partial charge in [-0.2, -0.15) is 5.10 Å². The molecule has 1 fully saturated rings. The SMILES string of the molecule is Cc1cnn(C[C@H]2CCCCN2C(=O)[C@@H]2CC=CCC2)c1. The molecule has 4 nitrogen and oxygen atoms in total. The van der Waals surface area contributed by atoms with E-state index in [0.717, 1.165) is 45.2 Å². The number of aromatic nitrogens is 2. The van der Waals surface area contributed by atoms with Gasteiger partial charge in [0.05, 0.1) is 18.8 Å². The van der Waals surface area contributed by atoms with Gasteiger partial charge in [0.2, 0.25) is 5.91 Å². The minimum Gasteiger partial charge on any atom is -0.338 e. The van der Waals surface area contributed by atoms with E-state index < -0.39 is 0 Å². The maximum Gasteiger partial charge on any atom is 0.226 e. The van der Waals surface area contributed by atoms with Crippen molar-refractivity contribution in [3.8, 4) is 0 Å². The van der Waals surface area contributed by atoms with Gasteiger partial charge in [-0.1, -0.05) is 12.2 Å². The van der Waals surface area contributed by atoms with Crippen LogP contribution in [0.25, 0.3) is 0 Å². The number of amides is 1. The zero-order chi connectivity index (χ0) is 14.7. The first kappa shape index (κ1) is 14.4. The van der Waals surface area contributed by atoms with Crippen LogP contribution >= 0.6 is 0 Å². The molecule has 1 saturated heterocycles. The normalized spacial score (nSPS) is 26.0. The lowest BCUT2D eigenvalue weighted by molar-refractivity contribution is -0.140. The fourth-order valence-corrected chi connectivity index (χ4v) is 3.52. The molecule has 1 amide bonds. The first-order valence-corrected chi connectivity index (χ1v) is 8.18. The largest absolute Gasteiger partial charge is 0.338 e. The van der Waals surface area contributed by atoms with Gasteiger partial charge in [0.1, 0.15) is 0 Å². The second-order valence-corrected chi connectivity index (χ2v) is 6.40. The Kier molecular flexibility index (Phi) is 4.42. The summed E-state index contributed by atoms with van der Waals surface area (Å²) in [6.45, 7) is 3.81. The van der Waals surface area contributed by atoms with Crippen molar-refractivity contribution in [2.45, 2.75) is 58.0 Å². The summed E-state index contributed by atoms with van der Waals surface area (Å²) in [7, 11) is 0. The zero-order valence-corrected chi connectivity index (χ0v) is 12.9. The van der Waals surface area contributed by atoms with E-state index in [9.17, 15) is 4.79 Å². The fourth-order valence-electron chi connectivity index (χ4n) is 3.52. The molecule has 1 aliphatic carbocycles. The lowest BCUT2D eigenvalue weighted by atomic mass is 9.91. The summed E-state index contributed by atoms with van der Waals surface area (Å²) < 4.78 is 1.99. The molecule has 0 bridgehead atoms. The number of aryl methyl sites for hydroxylation is 1. The smallest absolute Gasteiger partial charge is 0.226 e. The Morgan fingerprint density at radius 3 is 2.95 bits per heavy atom. The van der Waals surface area contributed by atoms with Crippen molar-refractivity contribution in [2.75, 3.05) is 6.54 Å². The second kappa shape index (κ2) is 6.46. The number of rotatable bonds is 3. The van der Waals surface area contributed by atoms with E-state index in [1.807, 2.05) is 10.9 Å². The van der Waals surface area contributed by atoms with Gasteiger partial charge in [0, 0.05) is 18.7 Å². The third-order valence-corrected chi connectivity index (χ3v) is 4.69. The number of hydrogen-bond donors (Lipinski definition) is 0. The molecule has 3 rings (SSSR count). The van der Waals surface area contributed by atoms with Crippen LogP contribution < -0.4 is 0 Å². The van der Waals surface area contributed by atoms with Gasteiger partial charge >= 0.3 is 0 Å². The quantitative estimate of drug-likeness (QED) is 0.802. The summed E-state index contributed by atoms with van der Waals surface area (Å²) >= 11 is 0. The molecule has 2 heterocycles. The molecular weight excluding hydrogens is 262 g/mol. The van der Waals surface area contributed by atoms with Gasteiger partial charge in [-0.15, -0.1) is 0 Å². The molecule has 21 heavy (non-hydrogen) atoms. The van der Waals surface area contributed by atoms with E-state index in [1.165, 1.54) is 12.0 Å². The lowest BCUT2D eigenvalue weighted by Crippen LogP contribution is -2.48. The van der Waals surface area contributed by atoms with E-state index in [2.05, 4.69) is 35.3 Å². The van der Waals surface area contributed by atoms with E-state index >= 15 is 0 Å². The number of carbonyl (C=O) groups is 1. The van der Waals surface area contributed by atoms with Crippen LogP contribution in [0.4, 0.5) is 0 Å². The van der Waals surface area contributed by atoms with Gasteiger partial charge in [-0.25, -0.2) is 0 Å². The molecule has 2 aliphatic rings. The number of nitrogens with zero attached hydrogens (tertiary/aromatic N) is 3. The van der Waals surface area contributed by atoms with E-state index in [4.69, 9.17) is 0 Å². The maximum atomic E-state index is 12.8. The van der Waals surface area contributed by atoms with Crippen molar-refractivity contribution in [2.24, 2.45) is 5.92 Å². The van der Waals surface area contributed by atoms with Gasteiger partial charge < -0.3 is 4.90 Å². The molecule has 1 aliphatic heterocycles. The standard InChI is InChI=1S/C17H25N3O/c1-14-11-18-19(12-14)13-16-9-5-6-10-20(16)17(21)15-7-3-2-4-8-15/h2-3,11-12,15-16H,4-10,13H2,1H3/t15-,16-/m1/s1. The summed E-state index contributed by atoms with van der Waals surface area (Å²) in [5, 5.41) is 4.38. The number of allylic oxidation sites excluding steroid dienone is 2. The lowest BCUT2D eigenvalue weighted by Gasteiger charge is -2.38. The molecule has 0 spiro atoms. The average Bonchev–Trinajstić information content (AvgIpc) is 2.93. The summed E-state index contributed by atoms with van der Waals surface area (Å²) in [6, 6.07) is 0.316. The van der Waals surface area contributed by atoms with Crippen LogP contribution in [-0.2, 0) is 11.3 Å². The average molecular weight is 287 g/mol. The molecule has 0 N–H and O–H groups in total. The van der Waals surface area contributed by atoms with Crippen LogP contribution in [0, 0.1) is 12.8 Å². The van der Waals surface area contributed by atoms with Crippen molar-refractivity contribution in [3.63, 3.8) is 0 Å². The van der Waals surface area contributed by atoms with Gasteiger partial charge in [-0.05, 0) is 51.0 Å². The molecule has 1 aromatic rings. The van der Waals surface area contributed by atoms with Gasteiger partial charge in [0.25, 0.3) is 0 Å². The second-order valence-electron chi connectivity index (χ2n) is 6.40. The Bertz CT molecular complexity index is 520. The Morgan fingerprint density at radius 1 is 1.33 bits per heavy atom. The molecule has 2 atom stereocenters. The first-order chi connectivity index (χ1) is 10.2. The van der Waals surface area contributed by atoms with Crippen LogP contribution in [0.2, 0.25) is 0 Å². The van der Waals surface area contributed by atoms with Gasteiger partial charge in [-0.3, -0.25) is 9.48 Å². The number of hydrogen-bond acceptors (Lipinski definition) is 2. The summed E-state index contributed by atoms with van der Waals surface area (Å²) in [5.74, 6) is 0.572. The minimum atomic E-state index is 0.204. The number of carbonyl (C=O) groups excluding carboxylic acids is 1. The van der Waals surface area contributed by atoms with Crippen LogP contribution in [0.5, 0.6) is 0 Å². The topological polar surface area (TPSA) is 38.1 Å².